The Morgan fingerprint density at radius 2 is 2.05 bits per heavy atom. The van der Waals surface area contributed by atoms with Crippen LogP contribution in [0.1, 0.15) is 38.3 Å². The Labute approximate surface area is 121 Å². The van der Waals surface area contributed by atoms with Gasteiger partial charge in [0.25, 0.3) is 0 Å². The molecule has 1 atom stereocenters. The van der Waals surface area contributed by atoms with Gasteiger partial charge in [0.15, 0.2) is 0 Å². The van der Waals surface area contributed by atoms with Gasteiger partial charge in [0, 0.05) is 29.8 Å². The van der Waals surface area contributed by atoms with E-state index in [0.717, 1.165) is 6.54 Å². The lowest BCUT2D eigenvalue weighted by molar-refractivity contribution is 0.166. The number of hydrogen-bond donors (Lipinski definition) is 1. The molecule has 2 aromatic rings. The van der Waals surface area contributed by atoms with E-state index in [9.17, 15) is 0 Å². The number of likely N-dealkylation sites (tertiary alicyclic amines) is 1. The van der Waals surface area contributed by atoms with Crippen molar-refractivity contribution in [3.63, 3.8) is 0 Å². The van der Waals surface area contributed by atoms with Crippen LogP contribution in [-0.2, 0) is 0 Å². The number of benzene rings is 1. The lowest BCUT2D eigenvalue weighted by Gasteiger charge is -2.35. The summed E-state index contributed by atoms with van der Waals surface area (Å²) in [5.41, 5.74) is 3.83. The summed E-state index contributed by atoms with van der Waals surface area (Å²) in [5.74, 6) is 0.573. The van der Waals surface area contributed by atoms with Gasteiger partial charge in [0.1, 0.15) is 0 Å². The molecule has 1 aliphatic rings. The summed E-state index contributed by atoms with van der Waals surface area (Å²) in [6.07, 6.45) is 4.50. The summed E-state index contributed by atoms with van der Waals surface area (Å²) in [6.45, 7) is 6.93. The fourth-order valence-corrected chi connectivity index (χ4v) is 3.17. The monoisotopic (exact) mass is 269 g/mol. The van der Waals surface area contributed by atoms with Gasteiger partial charge in [-0.2, -0.15) is 5.10 Å². The van der Waals surface area contributed by atoms with Gasteiger partial charge < -0.3 is 4.90 Å². The van der Waals surface area contributed by atoms with Crippen LogP contribution in [0.2, 0.25) is 0 Å². The van der Waals surface area contributed by atoms with Crippen molar-refractivity contribution in [2.75, 3.05) is 13.1 Å². The van der Waals surface area contributed by atoms with Crippen LogP contribution in [0.25, 0.3) is 11.1 Å². The Bertz CT molecular complexity index is 544. The van der Waals surface area contributed by atoms with Crippen LogP contribution in [0.3, 0.4) is 0 Å². The van der Waals surface area contributed by atoms with Gasteiger partial charge in [-0.25, -0.2) is 0 Å². The van der Waals surface area contributed by atoms with E-state index in [1.54, 1.807) is 0 Å². The van der Waals surface area contributed by atoms with Gasteiger partial charge in [-0.15, -0.1) is 0 Å². The quantitative estimate of drug-likeness (QED) is 0.922. The van der Waals surface area contributed by atoms with Crippen molar-refractivity contribution in [1.82, 2.24) is 15.1 Å². The van der Waals surface area contributed by atoms with E-state index < -0.39 is 0 Å². The summed E-state index contributed by atoms with van der Waals surface area (Å²) < 4.78 is 0. The molecule has 1 N–H and O–H groups in total. The summed E-state index contributed by atoms with van der Waals surface area (Å²) in [5, 5.41) is 7.56. The first-order valence-electron chi connectivity index (χ1n) is 7.58. The maximum atomic E-state index is 4.30. The molecule has 1 saturated heterocycles. The second-order valence-corrected chi connectivity index (χ2v) is 5.99. The topological polar surface area (TPSA) is 31.9 Å². The normalized spacial score (nSPS) is 20.4. The Morgan fingerprint density at radius 1 is 1.25 bits per heavy atom. The van der Waals surface area contributed by atoms with E-state index in [2.05, 4.69) is 59.3 Å². The minimum Gasteiger partial charge on any atom is -0.300 e. The molecule has 3 heteroatoms. The predicted octanol–water partition coefficient (Wildman–Crippen LogP) is 3.66. The molecule has 1 aliphatic heterocycles. The van der Waals surface area contributed by atoms with Gasteiger partial charge in [-0.3, -0.25) is 5.10 Å². The van der Waals surface area contributed by atoms with Crippen molar-refractivity contribution in [3.05, 3.63) is 42.2 Å². The van der Waals surface area contributed by atoms with Crippen molar-refractivity contribution in [1.29, 1.82) is 0 Å². The molecule has 3 nitrogen and oxygen atoms in total. The van der Waals surface area contributed by atoms with Gasteiger partial charge in [-0.1, -0.05) is 30.3 Å². The van der Waals surface area contributed by atoms with E-state index in [4.69, 9.17) is 0 Å². The van der Waals surface area contributed by atoms with Gasteiger partial charge in [-0.05, 0) is 38.8 Å². The van der Waals surface area contributed by atoms with Crippen LogP contribution < -0.4 is 0 Å². The largest absolute Gasteiger partial charge is 0.300 e. The molecule has 0 radical (unpaired) electrons. The van der Waals surface area contributed by atoms with Crippen molar-refractivity contribution in [2.45, 2.75) is 38.6 Å². The summed E-state index contributed by atoms with van der Waals surface area (Å²) >= 11 is 0. The Hall–Kier alpha value is -1.61. The van der Waals surface area contributed by atoms with Gasteiger partial charge in [0.2, 0.25) is 0 Å². The van der Waals surface area contributed by atoms with Crippen LogP contribution in [0, 0.1) is 0 Å². The summed E-state index contributed by atoms with van der Waals surface area (Å²) in [4.78, 5) is 2.57. The number of hydrogen-bond acceptors (Lipinski definition) is 2. The number of piperidine rings is 1. The first-order valence-corrected chi connectivity index (χ1v) is 7.58. The maximum absolute atomic E-state index is 4.30. The van der Waals surface area contributed by atoms with E-state index in [1.165, 1.54) is 36.2 Å². The Morgan fingerprint density at radius 3 is 2.80 bits per heavy atom. The third-order valence-corrected chi connectivity index (χ3v) is 4.34. The average molecular weight is 269 g/mol. The third kappa shape index (κ3) is 2.63. The Balaban J connectivity index is 1.86. The van der Waals surface area contributed by atoms with Crippen molar-refractivity contribution in [3.8, 4) is 11.1 Å². The first-order chi connectivity index (χ1) is 9.75. The molecule has 0 spiro atoms. The number of nitrogens with zero attached hydrogens (tertiary/aromatic N) is 2. The van der Waals surface area contributed by atoms with E-state index >= 15 is 0 Å². The lowest BCUT2D eigenvalue weighted by Crippen LogP contribution is -2.39. The summed E-state index contributed by atoms with van der Waals surface area (Å²) in [7, 11) is 0. The maximum Gasteiger partial charge on any atom is 0.0568 e. The molecule has 1 unspecified atom stereocenters. The van der Waals surface area contributed by atoms with Gasteiger partial charge in [0.05, 0.1) is 6.20 Å². The average Bonchev–Trinajstić information content (AvgIpc) is 2.98. The third-order valence-electron chi connectivity index (χ3n) is 4.34. The van der Waals surface area contributed by atoms with Crippen molar-refractivity contribution >= 4 is 0 Å². The molecular weight excluding hydrogens is 246 g/mol. The zero-order chi connectivity index (χ0) is 13.9. The summed E-state index contributed by atoms with van der Waals surface area (Å²) in [6, 6.07) is 11.2. The predicted molar refractivity (Wildman–Crippen MR) is 82.7 cm³/mol. The zero-order valence-corrected chi connectivity index (χ0v) is 12.3. The highest BCUT2D eigenvalue weighted by Crippen LogP contribution is 2.33. The van der Waals surface area contributed by atoms with Crippen LogP contribution in [0.15, 0.2) is 36.5 Å². The number of aromatic amines is 1. The lowest BCUT2D eigenvalue weighted by atomic mass is 9.90. The highest BCUT2D eigenvalue weighted by atomic mass is 15.2. The van der Waals surface area contributed by atoms with E-state index in [-0.39, 0.29) is 0 Å². The molecule has 1 aromatic carbocycles. The molecule has 1 aromatic heterocycles. The zero-order valence-electron chi connectivity index (χ0n) is 12.3. The van der Waals surface area contributed by atoms with E-state index in [0.29, 0.717) is 12.0 Å². The molecule has 20 heavy (non-hydrogen) atoms. The second kappa shape index (κ2) is 5.80. The molecule has 0 bridgehead atoms. The highest BCUT2D eigenvalue weighted by molar-refractivity contribution is 5.65. The highest BCUT2D eigenvalue weighted by Gasteiger charge is 2.26. The van der Waals surface area contributed by atoms with Crippen LogP contribution in [0.4, 0.5) is 0 Å². The first kappa shape index (κ1) is 13.4. The number of H-pyrrole nitrogens is 1. The fraction of sp³-hybridized carbons (Fsp3) is 0.471. The number of rotatable bonds is 3. The minimum atomic E-state index is 0.573. The van der Waals surface area contributed by atoms with Gasteiger partial charge >= 0.3 is 0 Å². The van der Waals surface area contributed by atoms with Crippen molar-refractivity contribution < 1.29 is 0 Å². The minimum absolute atomic E-state index is 0.573. The standard InChI is InChI=1S/C17H23N3/c1-13(2)20-10-6-9-15(12-20)17-16(11-18-19-17)14-7-4-3-5-8-14/h3-5,7-8,11,13,15H,6,9-10,12H2,1-2H3,(H,18,19). The number of nitrogens with one attached hydrogen (secondary N) is 1. The second-order valence-electron chi connectivity index (χ2n) is 5.99. The van der Waals surface area contributed by atoms with Crippen molar-refractivity contribution in [2.24, 2.45) is 0 Å². The molecule has 3 rings (SSSR count). The Kier molecular flexibility index (Phi) is 3.88. The molecule has 106 valence electrons. The smallest absolute Gasteiger partial charge is 0.0568 e. The molecule has 0 saturated carbocycles. The SMILES string of the molecule is CC(C)N1CCCC(c2[nH]ncc2-c2ccccc2)C1. The van der Waals surface area contributed by atoms with Crippen LogP contribution in [-0.4, -0.2) is 34.2 Å². The molecule has 1 fully saturated rings. The fourth-order valence-electron chi connectivity index (χ4n) is 3.17. The molecule has 0 amide bonds. The number of aromatic nitrogens is 2. The van der Waals surface area contributed by atoms with E-state index in [1.807, 2.05) is 6.20 Å². The van der Waals surface area contributed by atoms with Crippen LogP contribution in [0.5, 0.6) is 0 Å². The molecular formula is C17H23N3. The molecule has 0 aliphatic carbocycles. The van der Waals surface area contributed by atoms with Crippen LogP contribution >= 0.6 is 0 Å². The molecule has 2 heterocycles.